The number of anilines is 2. The van der Waals surface area contributed by atoms with Gasteiger partial charge in [0.2, 0.25) is 0 Å². The van der Waals surface area contributed by atoms with Crippen LogP contribution in [-0.2, 0) is 0 Å². The molecule has 5 rings (SSSR count). The maximum Gasteiger partial charge on any atom is 0.157 e. The minimum atomic E-state index is -0.0124. The first-order valence-corrected chi connectivity index (χ1v) is 10.8. The number of nitrogens with zero attached hydrogens (tertiary/aromatic N) is 6. The fourth-order valence-corrected chi connectivity index (χ4v) is 5.10. The Bertz CT molecular complexity index is 1200. The van der Waals surface area contributed by atoms with Crippen molar-refractivity contribution >= 4 is 22.4 Å². The molecule has 1 aromatic carbocycles. The summed E-state index contributed by atoms with van der Waals surface area (Å²) < 4.78 is 0. The van der Waals surface area contributed by atoms with Gasteiger partial charge in [-0.2, -0.15) is 10.4 Å². The highest BCUT2D eigenvalue weighted by Gasteiger charge is 2.42. The van der Waals surface area contributed by atoms with E-state index in [-0.39, 0.29) is 6.04 Å². The van der Waals surface area contributed by atoms with Gasteiger partial charge in [-0.25, -0.2) is 4.98 Å². The number of aromatic nitrogens is 3. The van der Waals surface area contributed by atoms with Crippen LogP contribution >= 0.6 is 0 Å². The van der Waals surface area contributed by atoms with Gasteiger partial charge in [0.25, 0.3) is 0 Å². The van der Waals surface area contributed by atoms with Crippen molar-refractivity contribution in [2.45, 2.75) is 45.3 Å². The fraction of sp³-hybridized carbons (Fsp3) is 0.417. The third-order valence-corrected chi connectivity index (χ3v) is 6.96. The summed E-state index contributed by atoms with van der Waals surface area (Å²) in [6.45, 7) is 8.17. The molecule has 0 saturated carbocycles. The molecule has 31 heavy (non-hydrogen) atoms. The van der Waals surface area contributed by atoms with Gasteiger partial charge in [0, 0.05) is 42.1 Å². The van der Waals surface area contributed by atoms with Crippen LogP contribution in [0.15, 0.2) is 30.5 Å². The summed E-state index contributed by atoms with van der Waals surface area (Å²) in [4.78, 5) is 9.67. The molecular weight excluding hydrogens is 386 g/mol. The Hall–Kier alpha value is -3.24. The molecule has 3 aromatic rings. The zero-order valence-electron chi connectivity index (χ0n) is 18.4. The molecule has 4 heterocycles. The van der Waals surface area contributed by atoms with E-state index >= 15 is 0 Å². The molecule has 0 aliphatic carbocycles. The SMILES string of the molecule is Cc1c(C#N)cccc1[C@@H](C)Nc1nnc(C)c2cnc(N3C[C@@H]4C[C@H]3CN4C)cc12. The first-order valence-electron chi connectivity index (χ1n) is 10.8. The highest BCUT2D eigenvalue weighted by molar-refractivity contribution is 5.94. The van der Waals surface area contributed by atoms with Crippen molar-refractivity contribution in [2.24, 2.45) is 0 Å². The maximum absolute atomic E-state index is 9.37. The third-order valence-electron chi connectivity index (χ3n) is 6.96. The number of nitriles is 1. The molecule has 2 bridgehead atoms. The van der Waals surface area contributed by atoms with Crippen LogP contribution in [0, 0.1) is 25.2 Å². The number of rotatable bonds is 4. The van der Waals surface area contributed by atoms with Crippen LogP contribution in [0.3, 0.4) is 0 Å². The maximum atomic E-state index is 9.37. The minimum absolute atomic E-state index is 0.0124. The van der Waals surface area contributed by atoms with E-state index in [2.05, 4.69) is 57.5 Å². The highest BCUT2D eigenvalue weighted by Crippen LogP contribution is 2.35. The summed E-state index contributed by atoms with van der Waals surface area (Å²) in [5.41, 5.74) is 3.65. The summed E-state index contributed by atoms with van der Waals surface area (Å²) in [6, 6.07) is 11.4. The van der Waals surface area contributed by atoms with Crippen molar-refractivity contribution in [3.05, 3.63) is 52.8 Å². The largest absolute Gasteiger partial charge is 0.362 e. The van der Waals surface area contributed by atoms with Crippen molar-refractivity contribution in [2.75, 3.05) is 30.4 Å². The van der Waals surface area contributed by atoms with Crippen molar-refractivity contribution in [3.8, 4) is 6.07 Å². The molecule has 2 saturated heterocycles. The Morgan fingerprint density at radius 1 is 1.16 bits per heavy atom. The van der Waals surface area contributed by atoms with Crippen LogP contribution in [0.5, 0.6) is 0 Å². The monoisotopic (exact) mass is 413 g/mol. The second kappa shape index (κ2) is 7.47. The molecular formula is C24H27N7. The van der Waals surface area contributed by atoms with Crippen molar-refractivity contribution < 1.29 is 0 Å². The number of benzene rings is 1. The fourth-order valence-electron chi connectivity index (χ4n) is 5.10. The van der Waals surface area contributed by atoms with Gasteiger partial charge in [0.05, 0.1) is 23.4 Å². The summed E-state index contributed by atoms with van der Waals surface area (Å²) >= 11 is 0. The number of pyridine rings is 1. The van der Waals surface area contributed by atoms with Gasteiger partial charge in [-0.3, -0.25) is 4.90 Å². The second-order valence-electron chi connectivity index (χ2n) is 8.86. The predicted octanol–water partition coefficient (Wildman–Crippen LogP) is 3.58. The van der Waals surface area contributed by atoms with E-state index in [1.807, 2.05) is 32.2 Å². The molecule has 3 atom stereocenters. The van der Waals surface area contributed by atoms with E-state index in [9.17, 15) is 5.26 Å². The molecule has 2 aliphatic heterocycles. The van der Waals surface area contributed by atoms with Crippen LogP contribution in [-0.4, -0.2) is 52.3 Å². The lowest BCUT2D eigenvalue weighted by Gasteiger charge is -2.33. The Labute approximate surface area is 182 Å². The molecule has 7 nitrogen and oxygen atoms in total. The molecule has 0 unspecified atom stereocenters. The molecule has 2 aliphatic rings. The minimum Gasteiger partial charge on any atom is -0.362 e. The van der Waals surface area contributed by atoms with Crippen LogP contribution < -0.4 is 10.2 Å². The summed E-state index contributed by atoms with van der Waals surface area (Å²) in [6.07, 6.45) is 3.14. The Kier molecular flexibility index (Phi) is 4.75. The highest BCUT2D eigenvalue weighted by atomic mass is 15.4. The van der Waals surface area contributed by atoms with Crippen LogP contribution in [0.1, 0.15) is 41.8 Å². The average Bonchev–Trinajstić information content (AvgIpc) is 3.35. The van der Waals surface area contributed by atoms with Crippen LogP contribution in [0.2, 0.25) is 0 Å². The lowest BCUT2D eigenvalue weighted by atomic mass is 9.98. The molecule has 0 amide bonds. The van der Waals surface area contributed by atoms with Crippen LogP contribution in [0.25, 0.3) is 10.8 Å². The molecule has 1 N–H and O–H groups in total. The third kappa shape index (κ3) is 3.28. The first-order chi connectivity index (χ1) is 15.0. The van der Waals surface area contributed by atoms with Gasteiger partial charge in [-0.15, -0.1) is 5.10 Å². The molecule has 2 aromatic heterocycles. The standard InChI is InChI=1S/C24H27N7/c1-14-17(10-25)6-5-7-20(14)15(2)27-24-21-9-23(26-11-22(21)16(3)28-29-24)31-13-18-8-19(31)12-30(18)4/h5-7,9,11,15,18-19H,8,12-13H2,1-4H3,(H,27,29)/t15-,18+,19+/m1/s1. The van der Waals surface area contributed by atoms with Crippen LogP contribution in [0.4, 0.5) is 11.6 Å². The lowest BCUT2D eigenvalue weighted by molar-refractivity contribution is 0.292. The first kappa shape index (κ1) is 19.7. The Morgan fingerprint density at radius 3 is 2.71 bits per heavy atom. The van der Waals surface area contributed by atoms with Gasteiger partial charge in [-0.05, 0) is 57.5 Å². The smallest absolute Gasteiger partial charge is 0.157 e. The lowest BCUT2D eigenvalue weighted by Crippen LogP contribution is -2.44. The molecule has 0 spiro atoms. The number of likely N-dealkylation sites (tertiary alicyclic amines) is 1. The molecule has 158 valence electrons. The van der Waals surface area contributed by atoms with E-state index in [0.29, 0.717) is 17.6 Å². The van der Waals surface area contributed by atoms with Crippen molar-refractivity contribution in [1.29, 1.82) is 5.26 Å². The zero-order valence-corrected chi connectivity index (χ0v) is 18.4. The Morgan fingerprint density at radius 2 is 2.00 bits per heavy atom. The summed E-state index contributed by atoms with van der Waals surface area (Å²) in [5, 5.41) is 23.8. The zero-order chi connectivity index (χ0) is 21.7. The van der Waals surface area contributed by atoms with Gasteiger partial charge >= 0.3 is 0 Å². The number of aryl methyl sites for hydroxylation is 1. The van der Waals surface area contributed by atoms with Gasteiger partial charge in [0.1, 0.15) is 5.82 Å². The number of fused-ring (bicyclic) bond motifs is 3. The molecule has 2 fully saturated rings. The van der Waals surface area contributed by atoms with E-state index in [1.165, 1.54) is 6.42 Å². The number of nitrogens with one attached hydrogen (secondary N) is 1. The number of likely N-dealkylation sites (N-methyl/N-ethyl adjacent to an activating group) is 1. The normalized spacial score (nSPS) is 21.5. The number of hydrogen-bond donors (Lipinski definition) is 1. The van der Waals surface area contributed by atoms with Gasteiger partial charge in [-0.1, -0.05) is 12.1 Å². The van der Waals surface area contributed by atoms with Crippen molar-refractivity contribution in [1.82, 2.24) is 20.1 Å². The van der Waals surface area contributed by atoms with E-state index in [0.717, 1.165) is 52.3 Å². The van der Waals surface area contributed by atoms with Gasteiger partial charge < -0.3 is 10.2 Å². The topological polar surface area (TPSA) is 81.0 Å². The van der Waals surface area contributed by atoms with E-state index < -0.39 is 0 Å². The predicted molar refractivity (Wildman–Crippen MR) is 122 cm³/mol. The molecule has 7 heteroatoms. The summed E-state index contributed by atoms with van der Waals surface area (Å²) in [5.74, 6) is 1.76. The quantitative estimate of drug-likeness (QED) is 0.700. The van der Waals surface area contributed by atoms with E-state index in [1.54, 1.807) is 0 Å². The van der Waals surface area contributed by atoms with E-state index in [4.69, 9.17) is 4.98 Å². The average molecular weight is 414 g/mol. The summed E-state index contributed by atoms with van der Waals surface area (Å²) in [7, 11) is 2.21. The van der Waals surface area contributed by atoms with Crippen molar-refractivity contribution in [3.63, 3.8) is 0 Å². The number of piperazine rings is 1. The van der Waals surface area contributed by atoms with Gasteiger partial charge in [0.15, 0.2) is 5.82 Å². The Balaban J connectivity index is 1.50. The second-order valence-corrected chi connectivity index (χ2v) is 8.86. The number of hydrogen-bond acceptors (Lipinski definition) is 7. The molecule has 0 radical (unpaired) electrons.